The molecule has 43 heavy (non-hydrogen) atoms. The summed E-state index contributed by atoms with van der Waals surface area (Å²) in [6.07, 6.45) is 2.89. The second kappa shape index (κ2) is 11.1. The minimum absolute atomic E-state index is 0.0647. The number of morpholine rings is 1. The number of rotatable bonds is 2. The SMILES string of the molecule is Cc1cn(C(=O)OC(C)(C)C)c2ncc(-c3cc4c(c(C5COCCN5)c3)CN(C(=O)N3CCC(F)(F)CC3)CC4)nc12. The number of alkyl halides is 2. The molecule has 10 nitrogen and oxygen atoms in total. The number of halogens is 2. The Morgan fingerprint density at radius 1 is 1.14 bits per heavy atom. The third kappa shape index (κ3) is 6.08. The zero-order chi connectivity index (χ0) is 30.5. The van der Waals surface area contributed by atoms with E-state index in [0.29, 0.717) is 56.1 Å². The number of hydrogen-bond acceptors (Lipinski definition) is 7. The highest BCUT2D eigenvalue weighted by Crippen LogP contribution is 2.35. The van der Waals surface area contributed by atoms with E-state index in [1.807, 2.05) is 27.7 Å². The number of nitrogens with zero attached hydrogens (tertiary/aromatic N) is 5. The van der Waals surface area contributed by atoms with Gasteiger partial charge in [0, 0.05) is 57.3 Å². The summed E-state index contributed by atoms with van der Waals surface area (Å²) in [6, 6.07) is 3.92. The van der Waals surface area contributed by atoms with Crippen molar-refractivity contribution in [2.75, 3.05) is 39.4 Å². The van der Waals surface area contributed by atoms with E-state index in [2.05, 4.69) is 22.4 Å². The van der Waals surface area contributed by atoms with E-state index >= 15 is 0 Å². The normalized spacial score (nSPS) is 20.7. The smallest absolute Gasteiger partial charge is 0.420 e. The lowest BCUT2D eigenvalue weighted by Crippen LogP contribution is -2.50. The maximum atomic E-state index is 13.7. The molecule has 1 atom stereocenters. The maximum Gasteiger partial charge on any atom is 0.420 e. The van der Waals surface area contributed by atoms with Crippen LogP contribution >= 0.6 is 0 Å². The number of amides is 2. The molecule has 5 heterocycles. The van der Waals surface area contributed by atoms with Gasteiger partial charge in [0.15, 0.2) is 5.65 Å². The van der Waals surface area contributed by atoms with E-state index in [-0.39, 0.29) is 38.0 Å². The van der Waals surface area contributed by atoms with Crippen molar-refractivity contribution < 1.29 is 27.8 Å². The highest BCUT2D eigenvalue weighted by molar-refractivity contribution is 5.88. The van der Waals surface area contributed by atoms with Crippen molar-refractivity contribution in [1.82, 2.24) is 29.7 Å². The number of carbonyl (C=O) groups is 2. The van der Waals surface area contributed by atoms with Gasteiger partial charge < -0.3 is 24.6 Å². The summed E-state index contributed by atoms with van der Waals surface area (Å²) >= 11 is 0. The predicted octanol–water partition coefficient (Wildman–Crippen LogP) is 5.06. The maximum absolute atomic E-state index is 13.7. The summed E-state index contributed by atoms with van der Waals surface area (Å²) in [5, 5.41) is 3.54. The number of nitrogens with one attached hydrogen (secondary N) is 1. The number of piperidine rings is 1. The van der Waals surface area contributed by atoms with Gasteiger partial charge in [0.1, 0.15) is 11.1 Å². The zero-order valence-electron chi connectivity index (χ0n) is 25.1. The number of likely N-dealkylation sites (tertiary alicyclic amines) is 1. The van der Waals surface area contributed by atoms with Crippen molar-refractivity contribution >= 4 is 23.3 Å². The molecule has 0 radical (unpaired) electrons. The van der Waals surface area contributed by atoms with Crippen LogP contribution in [-0.2, 0) is 22.4 Å². The molecule has 2 saturated heterocycles. The van der Waals surface area contributed by atoms with Crippen molar-refractivity contribution in [1.29, 1.82) is 0 Å². The monoisotopic (exact) mass is 596 g/mol. The quantitative estimate of drug-likeness (QED) is 0.441. The number of fused-ring (bicyclic) bond motifs is 2. The fourth-order valence-corrected chi connectivity index (χ4v) is 6.04. The summed E-state index contributed by atoms with van der Waals surface area (Å²) in [5.74, 6) is -2.70. The lowest BCUT2D eigenvalue weighted by Gasteiger charge is -2.39. The topological polar surface area (TPSA) is 102 Å². The Morgan fingerprint density at radius 2 is 1.91 bits per heavy atom. The number of ether oxygens (including phenoxy) is 2. The van der Waals surface area contributed by atoms with Crippen LogP contribution in [0.5, 0.6) is 0 Å². The molecule has 0 aliphatic carbocycles. The summed E-state index contributed by atoms with van der Waals surface area (Å²) in [7, 11) is 0. The van der Waals surface area contributed by atoms with Gasteiger partial charge in [-0.15, -0.1) is 0 Å². The van der Waals surface area contributed by atoms with E-state index in [4.69, 9.17) is 14.5 Å². The van der Waals surface area contributed by atoms with Crippen LogP contribution in [0, 0.1) is 6.92 Å². The van der Waals surface area contributed by atoms with Crippen LogP contribution < -0.4 is 5.32 Å². The van der Waals surface area contributed by atoms with Crippen LogP contribution in [0.4, 0.5) is 18.4 Å². The Kier molecular flexibility index (Phi) is 7.62. The second-order valence-corrected chi connectivity index (χ2v) is 12.7. The van der Waals surface area contributed by atoms with Gasteiger partial charge in [-0.3, -0.25) is 0 Å². The molecule has 0 bridgehead atoms. The lowest BCUT2D eigenvalue weighted by atomic mass is 9.88. The first-order valence-electron chi connectivity index (χ1n) is 14.9. The molecule has 2 fully saturated rings. The number of aromatic nitrogens is 3. The zero-order valence-corrected chi connectivity index (χ0v) is 25.1. The summed E-state index contributed by atoms with van der Waals surface area (Å²) < 4.78 is 40.2. The average molecular weight is 597 g/mol. The van der Waals surface area contributed by atoms with Crippen molar-refractivity contribution in [3.8, 4) is 11.3 Å². The van der Waals surface area contributed by atoms with E-state index in [9.17, 15) is 18.4 Å². The van der Waals surface area contributed by atoms with Gasteiger partial charge in [-0.1, -0.05) is 0 Å². The van der Waals surface area contributed by atoms with Gasteiger partial charge >= 0.3 is 12.1 Å². The van der Waals surface area contributed by atoms with E-state index in [1.54, 1.807) is 22.2 Å². The van der Waals surface area contributed by atoms with Crippen LogP contribution in [0.2, 0.25) is 0 Å². The first-order chi connectivity index (χ1) is 20.4. The number of urea groups is 1. The highest BCUT2D eigenvalue weighted by Gasteiger charge is 2.38. The standard InChI is InChI=1S/C31H38F2N6O4/c1-19-16-39(29(41)43-30(2,3)4)27-26(19)36-24(15-35-27)21-13-20-5-9-38(28(40)37-10-6-31(32,33)7-11-37)17-23(20)22(14-21)25-18-42-12-8-34-25/h13-16,25,34H,5-12,17-18H2,1-4H3. The summed E-state index contributed by atoms with van der Waals surface area (Å²) in [6.45, 7) is 10.2. The fourth-order valence-electron chi connectivity index (χ4n) is 6.04. The number of carbonyl (C=O) groups excluding carboxylic acids is 2. The fraction of sp³-hybridized carbons (Fsp3) is 0.548. The van der Waals surface area contributed by atoms with Gasteiger partial charge in [-0.05, 0) is 68.5 Å². The molecule has 3 aliphatic rings. The van der Waals surface area contributed by atoms with Gasteiger partial charge in [-0.2, -0.15) is 0 Å². The Labute approximate surface area is 249 Å². The van der Waals surface area contributed by atoms with E-state index < -0.39 is 17.6 Å². The molecular weight excluding hydrogens is 558 g/mol. The Hall–Kier alpha value is -3.64. The van der Waals surface area contributed by atoms with Crippen molar-refractivity contribution in [3.63, 3.8) is 0 Å². The van der Waals surface area contributed by atoms with Gasteiger partial charge in [0.2, 0.25) is 0 Å². The third-order valence-corrected chi connectivity index (χ3v) is 8.27. The van der Waals surface area contributed by atoms with Crippen molar-refractivity contribution in [2.24, 2.45) is 0 Å². The molecule has 6 rings (SSSR count). The van der Waals surface area contributed by atoms with E-state index in [1.165, 1.54) is 4.57 Å². The molecule has 0 spiro atoms. The minimum atomic E-state index is -2.70. The molecular formula is C31H38F2N6O4. The van der Waals surface area contributed by atoms with Gasteiger partial charge in [0.25, 0.3) is 5.92 Å². The Balaban J connectivity index is 1.32. The van der Waals surface area contributed by atoms with Crippen LogP contribution in [0.3, 0.4) is 0 Å². The largest absolute Gasteiger partial charge is 0.443 e. The molecule has 0 saturated carbocycles. The van der Waals surface area contributed by atoms with Crippen LogP contribution in [0.15, 0.2) is 24.5 Å². The summed E-state index contributed by atoms with van der Waals surface area (Å²) in [4.78, 5) is 39.0. The molecule has 230 valence electrons. The molecule has 1 aromatic carbocycles. The number of hydrogen-bond donors (Lipinski definition) is 1. The predicted molar refractivity (Wildman–Crippen MR) is 156 cm³/mol. The van der Waals surface area contributed by atoms with Crippen molar-refractivity contribution in [3.05, 3.63) is 46.8 Å². The second-order valence-electron chi connectivity index (χ2n) is 12.7. The Morgan fingerprint density at radius 3 is 2.60 bits per heavy atom. The van der Waals surface area contributed by atoms with Crippen molar-refractivity contribution in [2.45, 2.75) is 71.1 Å². The minimum Gasteiger partial charge on any atom is -0.443 e. The number of benzene rings is 1. The molecule has 12 heteroatoms. The Bertz CT molecular complexity index is 1550. The molecule has 3 aromatic rings. The average Bonchev–Trinajstić information content (AvgIpc) is 3.31. The molecule has 2 amide bonds. The molecule has 1 N–H and O–H groups in total. The van der Waals surface area contributed by atoms with Gasteiger partial charge in [0.05, 0.1) is 31.1 Å². The molecule has 3 aliphatic heterocycles. The summed E-state index contributed by atoms with van der Waals surface area (Å²) in [5.41, 5.74) is 5.96. The van der Waals surface area contributed by atoms with Crippen LogP contribution in [-0.4, -0.2) is 87.4 Å². The molecule has 1 unspecified atom stereocenters. The first kappa shape index (κ1) is 29.4. The number of aryl methyl sites for hydroxylation is 1. The van der Waals surface area contributed by atoms with Crippen LogP contribution in [0.1, 0.15) is 61.9 Å². The van der Waals surface area contributed by atoms with Gasteiger partial charge in [-0.25, -0.2) is 32.9 Å². The van der Waals surface area contributed by atoms with E-state index in [0.717, 1.165) is 27.8 Å². The van der Waals surface area contributed by atoms with Crippen LogP contribution in [0.25, 0.3) is 22.4 Å². The lowest BCUT2D eigenvalue weighted by molar-refractivity contribution is -0.0493. The highest BCUT2D eigenvalue weighted by atomic mass is 19.3. The first-order valence-corrected chi connectivity index (χ1v) is 14.9. The molecule has 2 aromatic heterocycles. The third-order valence-electron chi connectivity index (χ3n) is 8.27.